The van der Waals surface area contributed by atoms with Gasteiger partial charge in [0.05, 0.1) is 22.7 Å². The van der Waals surface area contributed by atoms with Crippen LogP contribution in [0.15, 0.2) is 47.7 Å². The predicted molar refractivity (Wildman–Crippen MR) is 128 cm³/mol. The fourth-order valence-corrected chi connectivity index (χ4v) is 4.46. The van der Waals surface area contributed by atoms with Crippen molar-refractivity contribution in [3.05, 3.63) is 70.0 Å². The molecule has 1 fully saturated rings. The number of anilines is 1. The minimum absolute atomic E-state index is 0.0378. The number of amides is 1. The molecule has 9 heteroatoms. The largest absolute Gasteiger partial charge is 0.354 e. The molecule has 1 aliphatic rings. The van der Waals surface area contributed by atoms with E-state index in [1.807, 2.05) is 48.0 Å². The number of hydrogen-bond acceptors (Lipinski definition) is 6. The molecule has 9 nitrogen and oxygen atoms in total. The number of aryl methyl sites for hydroxylation is 1. The van der Waals surface area contributed by atoms with Crippen LogP contribution in [0.5, 0.6) is 0 Å². The second-order valence-electron chi connectivity index (χ2n) is 8.33. The molecule has 1 saturated heterocycles. The van der Waals surface area contributed by atoms with Gasteiger partial charge in [0.25, 0.3) is 11.5 Å². The molecule has 0 bridgehead atoms. The molecule has 4 aromatic heterocycles. The van der Waals surface area contributed by atoms with Gasteiger partial charge in [-0.15, -0.1) is 0 Å². The average Bonchev–Trinajstić information content (AvgIpc) is 3.33. The van der Waals surface area contributed by atoms with Crippen LogP contribution in [-0.2, 0) is 13.0 Å². The van der Waals surface area contributed by atoms with E-state index in [0.717, 1.165) is 66.2 Å². The van der Waals surface area contributed by atoms with Crippen molar-refractivity contribution < 1.29 is 4.79 Å². The Morgan fingerprint density at radius 2 is 1.97 bits per heavy atom. The van der Waals surface area contributed by atoms with Crippen molar-refractivity contribution in [3.8, 4) is 0 Å². The third-order valence-corrected chi connectivity index (χ3v) is 6.29. The van der Waals surface area contributed by atoms with Gasteiger partial charge in [-0.2, -0.15) is 0 Å². The van der Waals surface area contributed by atoms with Crippen molar-refractivity contribution >= 4 is 28.3 Å². The molecule has 0 aromatic carbocycles. The SMILES string of the molecule is CCc1cc2ncc(CN3CCN(c4ncc(C(=O)NC)n5cccc45)CC3)cc2[nH]c1=O. The summed E-state index contributed by atoms with van der Waals surface area (Å²) in [6, 6.07) is 7.83. The lowest BCUT2D eigenvalue weighted by molar-refractivity contribution is 0.0956. The van der Waals surface area contributed by atoms with Crippen LogP contribution in [0.25, 0.3) is 16.6 Å². The first-order valence-corrected chi connectivity index (χ1v) is 11.2. The van der Waals surface area contributed by atoms with Crippen molar-refractivity contribution in [2.45, 2.75) is 19.9 Å². The lowest BCUT2D eigenvalue weighted by Gasteiger charge is -2.35. The van der Waals surface area contributed by atoms with Crippen molar-refractivity contribution in [1.29, 1.82) is 0 Å². The van der Waals surface area contributed by atoms with Crippen LogP contribution < -0.4 is 15.8 Å². The van der Waals surface area contributed by atoms with Gasteiger partial charge in [0, 0.05) is 57.7 Å². The average molecular weight is 446 g/mol. The molecule has 1 amide bonds. The number of aromatic amines is 1. The van der Waals surface area contributed by atoms with Gasteiger partial charge >= 0.3 is 0 Å². The zero-order chi connectivity index (χ0) is 22.9. The van der Waals surface area contributed by atoms with Crippen molar-refractivity contribution in [1.82, 2.24) is 29.6 Å². The minimum Gasteiger partial charge on any atom is -0.354 e. The summed E-state index contributed by atoms with van der Waals surface area (Å²) in [5, 5.41) is 2.67. The van der Waals surface area contributed by atoms with Crippen molar-refractivity contribution in [2.24, 2.45) is 0 Å². The number of hydrogen-bond donors (Lipinski definition) is 2. The molecule has 0 spiro atoms. The van der Waals surface area contributed by atoms with Crippen LogP contribution in [0.1, 0.15) is 28.5 Å². The van der Waals surface area contributed by atoms with Gasteiger partial charge in [0.1, 0.15) is 5.69 Å². The number of nitrogens with one attached hydrogen (secondary N) is 2. The number of aromatic nitrogens is 4. The summed E-state index contributed by atoms with van der Waals surface area (Å²) in [6.07, 6.45) is 6.12. The van der Waals surface area contributed by atoms with Crippen LogP contribution in [0.2, 0.25) is 0 Å². The Bertz CT molecular complexity index is 1380. The number of H-pyrrole nitrogens is 1. The molecular formula is C24H27N7O2. The number of carbonyl (C=O) groups is 1. The Balaban J connectivity index is 1.29. The second-order valence-corrected chi connectivity index (χ2v) is 8.33. The molecule has 5 heterocycles. The quantitative estimate of drug-likeness (QED) is 0.486. The summed E-state index contributed by atoms with van der Waals surface area (Å²) in [6.45, 7) is 6.19. The summed E-state index contributed by atoms with van der Waals surface area (Å²) >= 11 is 0. The molecule has 0 radical (unpaired) electrons. The van der Waals surface area contributed by atoms with E-state index >= 15 is 0 Å². The molecule has 5 rings (SSSR count). The van der Waals surface area contributed by atoms with Gasteiger partial charge in [-0.05, 0) is 36.2 Å². The number of fused-ring (bicyclic) bond motifs is 2. The maximum Gasteiger partial charge on any atom is 0.269 e. The van der Waals surface area contributed by atoms with E-state index in [1.54, 1.807) is 13.2 Å². The highest BCUT2D eigenvalue weighted by molar-refractivity contribution is 5.93. The molecular weight excluding hydrogens is 418 g/mol. The fraction of sp³-hybridized carbons (Fsp3) is 0.333. The Hall–Kier alpha value is -3.72. The number of rotatable bonds is 5. The highest BCUT2D eigenvalue weighted by atomic mass is 16.1. The first-order chi connectivity index (χ1) is 16.1. The Kier molecular flexibility index (Phi) is 5.55. The minimum atomic E-state index is -0.156. The van der Waals surface area contributed by atoms with Crippen molar-refractivity contribution in [2.75, 3.05) is 38.1 Å². The number of piperazine rings is 1. The van der Waals surface area contributed by atoms with Gasteiger partial charge in [-0.1, -0.05) is 6.92 Å². The smallest absolute Gasteiger partial charge is 0.269 e. The van der Waals surface area contributed by atoms with E-state index in [1.165, 1.54) is 0 Å². The van der Waals surface area contributed by atoms with E-state index in [2.05, 4.69) is 30.1 Å². The summed E-state index contributed by atoms with van der Waals surface area (Å²) < 4.78 is 1.89. The van der Waals surface area contributed by atoms with Crippen molar-refractivity contribution in [3.63, 3.8) is 0 Å². The van der Waals surface area contributed by atoms with E-state index < -0.39 is 0 Å². The molecule has 0 saturated carbocycles. The van der Waals surface area contributed by atoms with Gasteiger partial charge < -0.3 is 19.6 Å². The molecule has 170 valence electrons. The molecule has 0 aliphatic carbocycles. The lowest BCUT2D eigenvalue weighted by Crippen LogP contribution is -2.46. The van der Waals surface area contributed by atoms with E-state index in [4.69, 9.17) is 0 Å². The zero-order valence-electron chi connectivity index (χ0n) is 18.8. The summed E-state index contributed by atoms with van der Waals surface area (Å²) in [7, 11) is 1.62. The fourth-order valence-electron chi connectivity index (χ4n) is 4.46. The Morgan fingerprint density at radius 1 is 1.15 bits per heavy atom. The summed E-state index contributed by atoms with van der Waals surface area (Å²) in [5.74, 6) is 0.736. The monoisotopic (exact) mass is 445 g/mol. The van der Waals surface area contributed by atoms with E-state index in [9.17, 15) is 9.59 Å². The molecule has 2 N–H and O–H groups in total. The van der Waals surface area contributed by atoms with Gasteiger partial charge in [0.2, 0.25) is 0 Å². The van der Waals surface area contributed by atoms with Crippen LogP contribution in [-0.4, -0.2) is 63.4 Å². The maximum atomic E-state index is 12.2. The topological polar surface area (TPSA) is 98.6 Å². The molecule has 0 unspecified atom stereocenters. The number of carbonyl (C=O) groups excluding carboxylic acids is 1. The number of pyridine rings is 2. The van der Waals surface area contributed by atoms with E-state index in [0.29, 0.717) is 12.1 Å². The van der Waals surface area contributed by atoms with E-state index in [-0.39, 0.29) is 11.5 Å². The second kappa shape index (κ2) is 8.67. The highest BCUT2D eigenvalue weighted by Crippen LogP contribution is 2.23. The summed E-state index contributed by atoms with van der Waals surface area (Å²) in [5.41, 5.74) is 4.85. The molecule has 4 aromatic rings. The molecule has 0 atom stereocenters. The number of nitrogens with zero attached hydrogens (tertiary/aromatic N) is 5. The van der Waals surface area contributed by atoms with Crippen LogP contribution in [0.3, 0.4) is 0 Å². The van der Waals surface area contributed by atoms with Gasteiger partial charge in [0.15, 0.2) is 5.82 Å². The van der Waals surface area contributed by atoms with Crippen LogP contribution >= 0.6 is 0 Å². The summed E-state index contributed by atoms with van der Waals surface area (Å²) in [4.78, 5) is 41.1. The lowest BCUT2D eigenvalue weighted by atomic mass is 10.1. The van der Waals surface area contributed by atoms with Crippen LogP contribution in [0.4, 0.5) is 5.82 Å². The van der Waals surface area contributed by atoms with Gasteiger partial charge in [-0.25, -0.2) is 4.98 Å². The highest BCUT2D eigenvalue weighted by Gasteiger charge is 2.22. The third kappa shape index (κ3) is 3.95. The predicted octanol–water partition coefficient (Wildman–Crippen LogP) is 1.81. The zero-order valence-corrected chi connectivity index (χ0v) is 18.8. The standard InChI is InChI=1S/C24H27N7O2/c1-3-17-12-18-19(28-23(17)32)11-16(13-26-18)15-29-7-9-30(10-8-29)22-20-5-4-6-31(20)21(14-27-22)24(33)25-2/h4-6,11-14H,3,7-10,15H2,1-2H3,(H,25,33)(H,28,32). The maximum absolute atomic E-state index is 12.2. The Labute approximate surface area is 191 Å². The Morgan fingerprint density at radius 3 is 2.73 bits per heavy atom. The van der Waals surface area contributed by atoms with Crippen LogP contribution in [0, 0.1) is 0 Å². The third-order valence-electron chi connectivity index (χ3n) is 6.29. The normalized spacial score (nSPS) is 14.8. The molecule has 33 heavy (non-hydrogen) atoms. The first-order valence-electron chi connectivity index (χ1n) is 11.2. The molecule has 1 aliphatic heterocycles. The van der Waals surface area contributed by atoms with Gasteiger partial charge in [-0.3, -0.25) is 19.5 Å². The first kappa shape index (κ1) is 21.1.